The van der Waals surface area contributed by atoms with Crippen molar-refractivity contribution < 1.29 is 4.79 Å². The lowest BCUT2D eigenvalue weighted by atomic mass is 10.1. The number of thioether (sulfide) groups is 1. The number of rotatable bonds is 8. The summed E-state index contributed by atoms with van der Waals surface area (Å²) >= 11 is 1.47. The van der Waals surface area contributed by atoms with E-state index in [2.05, 4.69) is 21.7 Å². The normalized spacial score (nSPS) is 12.0. The monoisotopic (exact) mass is 394 g/mol. The van der Waals surface area contributed by atoms with Crippen LogP contribution in [0.5, 0.6) is 0 Å². The third kappa shape index (κ3) is 4.28. The van der Waals surface area contributed by atoms with Crippen molar-refractivity contribution in [3.63, 3.8) is 0 Å². The van der Waals surface area contributed by atoms with E-state index in [1.807, 2.05) is 79.4 Å². The maximum Gasteiger partial charge on any atom is 0.240 e. The highest BCUT2D eigenvalue weighted by atomic mass is 32.2. The molecule has 1 unspecified atom stereocenters. The van der Waals surface area contributed by atoms with Gasteiger partial charge in [0.1, 0.15) is 5.25 Å². The molecule has 28 heavy (non-hydrogen) atoms. The average Bonchev–Trinajstić information content (AvgIpc) is 3.16. The lowest BCUT2D eigenvalue weighted by Crippen LogP contribution is -2.34. The molecule has 0 fully saturated rings. The topological polar surface area (TPSA) is 51.0 Å². The standard InChI is InChI=1S/C22H26N4OS/c1-4-25(5-2)21(27)19(17-13-9-7-10-14-17)28-22-24-23-20(26(22)6-3)18-15-11-8-12-16-18/h7-16,19H,4-6H2,1-3H3. The van der Waals surface area contributed by atoms with Crippen LogP contribution in [0.25, 0.3) is 11.4 Å². The Kier molecular flexibility index (Phi) is 6.87. The first-order valence-corrected chi connectivity index (χ1v) is 10.6. The first-order valence-electron chi connectivity index (χ1n) is 9.68. The highest BCUT2D eigenvalue weighted by Gasteiger charge is 2.28. The summed E-state index contributed by atoms with van der Waals surface area (Å²) in [5.41, 5.74) is 2.01. The highest BCUT2D eigenvalue weighted by Crippen LogP contribution is 2.37. The van der Waals surface area contributed by atoms with Crippen molar-refractivity contribution in [2.75, 3.05) is 13.1 Å². The van der Waals surface area contributed by atoms with Gasteiger partial charge < -0.3 is 9.47 Å². The van der Waals surface area contributed by atoms with Crippen molar-refractivity contribution in [2.45, 2.75) is 37.7 Å². The molecular formula is C22H26N4OS. The molecule has 1 aromatic heterocycles. The summed E-state index contributed by atoms with van der Waals surface area (Å²) in [6, 6.07) is 19.9. The van der Waals surface area contributed by atoms with Gasteiger partial charge in [-0.1, -0.05) is 72.4 Å². The zero-order valence-corrected chi connectivity index (χ0v) is 17.4. The molecule has 6 heteroatoms. The molecule has 1 heterocycles. The van der Waals surface area contributed by atoms with Gasteiger partial charge >= 0.3 is 0 Å². The molecule has 0 aliphatic heterocycles. The second kappa shape index (κ2) is 9.55. The fourth-order valence-corrected chi connectivity index (χ4v) is 4.34. The number of nitrogens with zero attached hydrogens (tertiary/aromatic N) is 4. The van der Waals surface area contributed by atoms with Crippen LogP contribution in [0.2, 0.25) is 0 Å². The second-order valence-electron chi connectivity index (χ2n) is 6.34. The molecule has 0 radical (unpaired) electrons. The molecule has 0 bridgehead atoms. The van der Waals surface area contributed by atoms with Crippen LogP contribution in [-0.2, 0) is 11.3 Å². The molecule has 0 spiro atoms. The SMILES string of the molecule is CCN(CC)C(=O)C(Sc1nnc(-c2ccccc2)n1CC)c1ccccc1. The minimum absolute atomic E-state index is 0.105. The van der Waals surface area contributed by atoms with Crippen LogP contribution in [0.3, 0.4) is 0 Å². The fourth-order valence-electron chi connectivity index (χ4n) is 3.16. The molecular weight excluding hydrogens is 368 g/mol. The van der Waals surface area contributed by atoms with Gasteiger partial charge in [-0.2, -0.15) is 0 Å². The first kappa shape index (κ1) is 20.1. The summed E-state index contributed by atoms with van der Waals surface area (Å²) in [5.74, 6) is 0.931. The van der Waals surface area contributed by atoms with Crippen molar-refractivity contribution in [3.05, 3.63) is 66.2 Å². The third-order valence-electron chi connectivity index (χ3n) is 4.69. The summed E-state index contributed by atoms with van der Waals surface area (Å²) < 4.78 is 2.07. The van der Waals surface area contributed by atoms with Gasteiger partial charge in [0, 0.05) is 25.2 Å². The Morgan fingerprint density at radius 2 is 1.57 bits per heavy atom. The number of amides is 1. The van der Waals surface area contributed by atoms with Gasteiger partial charge in [0.25, 0.3) is 0 Å². The smallest absolute Gasteiger partial charge is 0.240 e. The summed E-state index contributed by atoms with van der Waals surface area (Å²) in [4.78, 5) is 15.1. The predicted octanol–water partition coefficient (Wildman–Crippen LogP) is 4.67. The Hall–Kier alpha value is -2.60. The van der Waals surface area contributed by atoms with E-state index >= 15 is 0 Å². The van der Waals surface area contributed by atoms with Gasteiger partial charge in [-0.3, -0.25) is 4.79 Å². The molecule has 1 atom stereocenters. The molecule has 3 aromatic rings. The Balaban J connectivity index is 1.97. The molecule has 0 saturated heterocycles. The summed E-state index contributed by atoms with van der Waals surface area (Å²) in [6.45, 7) is 8.21. The lowest BCUT2D eigenvalue weighted by Gasteiger charge is -2.25. The summed E-state index contributed by atoms with van der Waals surface area (Å²) in [6.07, 6.45) is 0. The van der Waals surface area contributed by atoms with Gasteiger partial charge in [-0.25, -0.2) is 0 Å². The number of carbonyl (C=O) groups excluding carboxylic acids is 1. The number of hydrogen-bond acceptors (Lipinski definition) is 4. The molecule has 1 amide bonds. The van der Waals surface area contributed by atoms with E-state index < -0.39 is 0 Å². The number of benzene rings is 2. The Bertz CT molecular complexity index is 891. The minimum atomic E-state index is -0.348. The van der Waals surface area contributed by atoms with Crippen molar-refractivity contribution in [1.29, 1.82) is 0 Å². The molecule has 0 N–H and O–H groups in total. The fraction of sp³-hybridized carbons (Fsp3) is 0.318. The Labute approximate surface area is 170 Å². The second-order valence-corrected chi connectivity index (χ2v) is 7.41. The van der Waals surface area contributed by atoms with Gasteiger partial charge in [-0.05, 0) is 26.3 Å². The molecule has 2 aromatic carbocycles. The Morgan fingerprint density at radius 3 is 2.14 bits per heavy atom. The molecule has 0 saturated carbocycles. The van der Waals surface area contributed by atoms with Crippen molar-refractivity contribution in [3.8, 4) is 11.4 Å². The maximum absolute atomic E-state index is 13.2. The number of hydrogen-bond donors (Lipinski definition) is 0. The summed E-state index contributed by atoms with van der Waals surface area (Å²) in [5, 5.41) is 9.25. The Morgan fingerprint density at radius 1 is 0.964 bits per heavy atom. The van der Waals surface area contributed by atoms with Gasteiger partial charge in [0.2, 0.25) is 5.91 Å². The predicted molar refractivity (Wildman–Crippen MR) is 114 cm³/mol. The highest BCUT2D eigenvalue weighted by molar-refractivity contribution is 8.00. The maximum atomic E-state index is 13.2. The van der Waals surface area contributed by atoms with Gasteiger partial charge in [0.05, 0.1) is 0 Å². The van der Waals surface area contributed by atoms with Gasteiger partial charge in [0.15, 0.2) is 11.0 Å². The zero-order chi connectivity index (χ0) is 19.9. The number of carbonyl (C=O) groups is 1. The van der Waals surface area contributed by atoms with Crippen LogP contribution in [-0.4, -0.2) is 38.7 Å². The molecule has 3 rings (SSSR count). The number of aromatic nitrogens is 3. The van der Waals surface area contributed by atoms with Crippen LogP contribution in [0.1, 0.15) is 31.6 Å². The van der Waals surface area contributed by atoms with E-state index in [1.54, 1.807) is 0 Å². The van der Waals surface area contributed by atoms with E-state index in [0.717, 1.165) is 28.7 Å². The van der Waals surface area contributed by atoms with Crippen LogP contribution >= 0.6 is 11.8 Å². The van der Waals surface area contributed by atoms with Crippen molar-refractivity contribution in [2.24, 2.45) is 0 Å². The molecule has 146 valence electrons. The van der Waals surface area contributed by atoms with Crippen LogP contribution in [0.4, 0.5) is 0 Å². The van der Waals surface area contributed by atoms with E-state index in [4.69, 9.17) is 0 Å². The largest absolute Gasteiger partial charge is 0.342 e. The molecule has 0 aliphatic carbocycles. The zero-order valence-electron chi connectivity index (χ0n) is 16.6. The third-order valence-corrected chi connectivity index (χ3v) is 5.91. The van der Waals surface area contributed by atoms with Crippen molar-refractivity contribution >= 4 is 17.7 Å². The average molecular weight is 395 g/mol. The molecule has 0 aliphatic rings. The van der Waals surface area contributed by atoms with Crippen molar-refractivity contribution in [1.82, 2.24) is 19.7 Å². The van der Waals surface area contributed by atoms with E-state index in [-0.39, 0.29) is 11.2 Å². The van der Waals surface area contributed by atoms with Crippen LogP contribution in [0, 0.1) is 0 Å². The summed E-state index contributed by atoms with van der Waals surface area (Å²) in [7, 11) is 0. The minimum Gasteiger partial charge on any atom is -0.342 e. The lowest BCUT2D eigenvalue weighted by molar-refractivity contribution is -0.130. The van der Waals surface area contributed by atoms with Crippen LogP contribution in [0.15, 0.2) is 65.8 Å². The number of likely N-dealkylation sites (N-methyl/N-ethyl adjacent to an activating group) is 1. The van der Waals surface area contributed by atoms with E-state index in [1.165, 1.54) is 11.8 Å². The first-order chi connectivity index (χ1) is 13.7. The quantitative estimate of drug-likeness (QED) is 0.521. The van der Waals surface area contributed by atoms with Gasteiger partial charge in [-0.15, -0.1) is 10.2 Å². The van der Waals surface area contributed by atoms with E-state index in [9.17, 15) is 4.79 Å². The molecule has 5 nitrogen and oxygen atoms in total. The van der Waals surface area contributed by atoms with E-state index in [0.29, 0.717) is 13.1 Å². The van der Waals surface area contributed by atoms with Crippen LogP contribution < -0.4 is 0 Å².